The lowest BCUT2D eigenvalue weighted by Crippen LogP contribution is -2.04. The molecule has 0 saturated heterocycles. The Labute approximate surface area is 256 Å². The molecule has 0 amide bonds. The molecule has 0 spiro atoms. The number of rotatable bonds is 12. The molecule has 0 radical (unpaired) electrons. The van der Waals surface area contributed by atoms with Crippen LogP contribution in [0, 0.1) is 0 Å². The molecular weight excluding hydrogens is 665 g/mol. The van der Waals surface area contributed by atoms with Gasteiger partial charge in [-0.15, -0.1) is 18.9 Å². The first kappa shape index (κ1) is 31.8. The minimum Gasteiger partial charge on any atom is -0.338 e. The molecule has 0 aliphatic rings. The van der Waals surface area contributed by atoms with Crippen LogP contribution >= 0.6 is 24.1 Å². The minimum absolute atomic E-state index is 0.0926. The third-order valence-electron chi connectivity index (χ3n) is 5.98. The van der Waals surface area contributed by atoms with Gasteiger partial charge in [0.15, 0.2) is 11.6 Å². The van der Waals surface area contributed by atoms with Gasteiger partial charge >= 0.3 is 0 Å². The monoisotopic (exact) mass is 682 g/mol. The zero-order chi connectivity index (χ0) is 31.5. The van der Waals surface area contributed by atoms with Crippen LogP contribution in [0.25, 0.3) is 21.5 Å². The standard InChI is InChI=1S/C24H18N4O12S4/c29-37-39-41-17-9-7-16(24-13(17)3-2-6-20(24)44(34,35)36)26-22-12-11-21(27-28-22)25-15-8-10-19(43(31,32)33)14-4-1-5-18(23(14)15)42-40-38-30/h1-12,29-30H,(H,25,27)(H,26,28)(H,31,32,33)(H,34,35,36). The maximum atomic E-state index is 12.2. The van der Waals surface area contributed by atoms with E-state index in [1.807, 2.05) is 0 Å². The largest absolute Gasteiger partial charge is 0.338 e. The zero-order valence-corrected chi connectivity index (χ0v) is 24.8. The summed E-state index contributed by atoms with van der Waals surface area (Å²) >= 11 is 1.19. The zero-order valence-electron chi connectivity index (χ0n) is 21.5. The molecule has 16 nitrogen and oxygen atoms in total. The SMILES string of the molecule is O=S(=O)(O)c1ccc(Nc2ccc(Nc3ccc(SOOO)c4cccc(S(=O)(=O)O)c34)nn2)c2c(SOOO)cccc12. The van der Waals surface area contributed by atoms with Crippen LogP contribution in [0.2, 0.25) is 0 Å². The lowest BCUT2D eigenvalue weighted by atomic mass is 10.1. The van der Waals surface area contributed by atoms with Crippen molar-refractivity contribution in [3.05, 3.63) is 72.8 Å². The highest BCUT2D eigenvalue weighted by molar-refractivity contribution is 7.95. The van der Waals surface area contributed by atoms with E-state index < -0.39 is 25.1 Å². The van der Waals surface area contributed by atoms with Crippen LogP contribution in [-0.2, 0) is 39.0 Å². The van der Waals surface area contributed by atoms with Gasteiger partial charge in [-0.2, -0.15) is 16.8 Å². The van der Waals surface area contributed by atoms with E-state index in [-0.39, 0.29) is 38.4 Å². The predicted octanol–water partition coefficient (Wildman–Crippen LogP) is 5.62. The molecule has 5 aromatic rings. The molecule has 44 heavy (non-hydrogen) atoms. The molecular formula is C24H18N4O12S4. The van der Waals surface area contributed by atoms with Crippen molar-refractivity contribution < 1.29 is 55.2 Å². The second-order valence-corrected chi connectivity index (χ2v) is 12.8. The molecule has 0 unspecified atom stereocenters. The Morgan fingerprint density at radius 3 is 1.73 bits per heavy atom. The van der Waals surface area contributed by atoms with Crippen molar-refractivity contribution in [2.45, 2.75) is 19.6 Å². The Morgan fingerprint density at radius 1 is 0.591 bits per heavy atom. The normalized spacial score (nSPS) is 12.1. The van der Waals surface area contributed by atoms with Gasteiger partial charge in [-0.25, -0.2) is 10.5 Å². The van der Waals surface area contributed by atoms with Gasteiger partial charge in [-0.05, 0) is 48.5 Å². The molecule has 0 atom stereocenters. The van der Waals surface area contributed by atoms with Crippen LogP contribution < -0.4 is 10.6 Å². The summed E-state index contributed by atoms with van der Waals surface area (Å²) in [6, 6.07) is 17.4. The average Bonchev–Trinajstić information content (AvgIpc) is 2.99. The van der Waals surface area contributed by atoms with E-state index in [1.54, 1.807) is 18.2 Å². The first-order valence-electron chi connectivity index (χ1n) is 11.7. The number of aromatic nitrogens is 2. The van der Waals surface area contributed by atoms with E-state index in [1.165, 1.54) is 54.6 Å². The highest BCUT2D eigenvalue weighted by Gasteiger charge is 2.21. The molecule has 0 bridgehead atoms. The van der Waals surface area contributed by atoms with Gasteiger partial charge in [-0.1, -0.05) is 34.3 Å². The first-order chi connectivity index (χ1) is 21.0. The van der Waals surface area contributed by atoms with Crippen LogP contribution in [-0.4, -0.2) is 46.7 Å². The Balaban J connectivity index is 1.50. The fourth-order valence-electron chi connectivity index (χ4n) is 4.33. The Bertz CT molecular complexity index is 2060. The first-order valence-corrected chi connectivity index (χ1v) is 16.1. The summed E-state index contributed by atoms with van der Waals surface area (Å²) in [4.78, 5) is -0.0978. The van der Waals surface area contributed by atoms with Crippen LogP contribution in [0.15, 0.2) is 92.4 Å². The number of benzene rings is 4. The molecule has 230 valence electrons. The Kier molecular flexibility index (Phi) is 9.50. The van der Waals surface area contributed by atoms with Gasteiger partial charge in [0.25, 0.3) is 20.2 Å². The minimum atomic E-state index is -4.67. The molecule has 1 aromatic heterocycles. The molecule has 1 heterocycles. The van der Waals surface area contributed by atoms with Crippen molar-refractivity contribution in [2.75, 3.05) is 10.6 Å². The smallest absolute Gasteiger partial charge is 0.295 e. The predicted molar refractivity (Wildman–Crippen MR) is 157 cm³/mol. The fourth-order valence-corrected chi connectivity index (χ4v) is 6.77. The Hall–Kier alpha value is -3.64. The van der Waals surface area contributed by atoms with Crippen molar-refractivity contribution in [1.82, 2.24) is 10.2 Å². The Morgan fingerprint density at radius 2 is 1.14 bits per heavy atom. The molecule has 0 aliphatic carbocycles. The average molecular weight is 683 g/mol. The van der Waals surface area contributed by atoms with E-state index in [9.17, 15) is 25.9 Å². The lowest BCUT2D eigenvalue weighted by molar-refractivity contribution is -0.432. The molecule has 0 saturated carbocycles. The number of nitrogens with one attached hydrogen (secondary N) is 2. The van der Waals surface area contributed by atoms with Crippen molar-refractivity contribution in [1.29, 1.82) is 0 Å². The second kappa shape index (κ2) is 13.2. The number of anilines is 4. The van der Waals surface area contributed by atoms with Gasteiger partial charge in [0.1, 0.15) is 9.79 Å². The van der Waals surface area contributed by atoms with E-state index in [0.717, 1.165) is 0 Å². The summed E-state index contributed by atoms with van der Waals surface area (Å²) < 4.78 is 76.9. The van der Waals surface area contributed by atoms with Crippen molar-refractivity contribution in [2.24, 2.45) is 0 Å². The number of hydrogen-bond donors (Lipinski definition) is 6. The summed E-state index contributed by atoms with van der Waals surface area (Å²) in [6.07, 6.45) is 0. The molecule has 5 rings (SSSR count). The fraction of sp³-hybridized carbons (Fsp3) is 0. The van der Waals surface area contributed by atoms with Crippen molar-refractivity contribution in [3.63, 3.8) is 0 Å². The molecule has 0 fully saturated rings. The lowest BCUT2D eigenvalue weighted by Gasteiger charge is -2.15. The van der Waals surface area contributed by atoms with Crippen LogP contribution in [0.3, 0.4) is 0 Å². The highest BCUT2D eigenvalue weighted by atomic mass is 32.2. The summed E-state index contributed by atoms with van der Waals surface area (Å²) in [7, 11) is -9.27. The molecule has 20 heteroatoms. The van der Waals surface area contributed by atoms with E-state index >= 15 is 0 Å². The van der Waals surface area contributed by atoms with Gasteiger partial charge in [-0.3, -0.25) is 9.11 Å². The maximum absolute atomic E-state index is 12.2. The van der Waals surface area contributed by atoms with Crippen molar-refractivity contribution >= 4 is 88.9 Å². The van der Waals surface area contributed by atoms with E-state index in [4.69, 9.17) is 10.5 Å². The topological polar surface area (TPSA) is 236 Å². The number of fused-ring (bicyclic) bond motifs is 2. The van der Waals surface area contributed by atoms with E-state index in [2.05, 4.69) is 39.6 Å². The molecule has 4 aromatic carbocycles. The summed E-state index contributed by atoms with van der Waals surface area (Å²) in [5.74, 6) is 0.376. The second-order valence-electron chi connectivity index (χ2n) is 8.54. The van der Waals surface area contributed by atoms with Gasteiger partial charge in [0, 0.05) is 42.7 Å². The molecule has 0 aliphatic heterocycles. The van der Waals surface area contributed by atoms with Crippen LogP contribution in [0.1, 0.15) is 0 Å². The van der Waals surface area contributed by atoms with Crippen molar-refractivity contribution in [3.8, 4) is 0 Å². The maximum Gasteiger partial charge on any atom is 0.295 e. The summed E-state index contributed by atoms with van der Waals surface area (Å²) in [5.41, 5.74) is 0.565. The third-order valence-corrected chi connectivity index (χ3v) is 9.10. The number of hydrogen-bond acceptors (Lipinski definition) is 16. The van der Waals surface area contributed by atoms with E-state index in [0.29, 0.717) is 45.0 Å². The molecule has 6 N–H and O–H groups in total. The van der Waals surface area contributed by atoms with Crippen LogP contribution in [0.4, 0.5) is 23.0 Å². The quantitative estimate of drug-likeness (QED) is 0.0405. The highest BCUT2D eigenvalue weighted by Crippen LogP contribution is 2.40. The third kappa shape index (κ3) is 6.86. The number of nitrogens with zero attached hydrogens (tertiary/aromatic N) is 2. The summed E-state index contributed by atoms with van der Waals surface area (Å²) in [5, 5.41) is 39.5. The van der Waals surface area contributed by atoms with Gasteiger partial charge < -0.3 is 10.6 Å². The van der Waals surface area contributed by atoms with Crippen LogP contribution in [0.5, 0.6) is 0 Å². The van der Waals surface area contributed by atoms with Gasteiger partial charge in [0.05, 0.1) is 24.1 Å². The summed E-state index contributed by atoms with van der Waals surface area (Å²) in [6.45, 7) is 0. The van der Waals surface area contributed by atoms with Gasteiger partial charge in [0.2, 0.25) is 0 Å².